The SMILES string of the molecule is C#CCCCN1CCC(NC2CC2)C1=O. The second-order valence-electron chi connectivity index (χ2n) is 4.42. The van der Waals surface area contributed by atoms with E-state index in [2.05, 4.69) is 11.2 Å². The molecular formula is C12H18N2O. The van der Waals surface area contributed by atoms with Gasteiger partial charge in [-0.15, -0.1) is 12.3 Å². The van der Waals surface area contributed by atoms with Crippen molar-refractivity contribution in [1.29, 1.82) is 0 Å². The van der Waals surface area contributed by atoms with Crippen LogP contribution in [0.25, 0.3) is 0 Å². The monoisotopic (exact) mass is 206 g/mol. The lowest BCUT2D eigenvalue weighted by Crippen LogP contribution is -2.39. The summed E-state index contributed by atoms with van der Waals surface area (Å²) in [7, 11) is 0. The molecule has 1 aliphatic carbocycles. The van der Waals surface area contributed by atoms with Crippen molar-refractivity contribution in [1.82, 2.24) is 10.2 Å². The maximum atomic E-state index is 11.9. The molecule has 2 aliphatic rings. The van der Waals surface area contributed by atoms with Gasteiger partial charge >= 0.3 is 0 Å². The van der Waals surface area contributed by atoms with Crippen LogP contribution in [0.3, 0.4) is 0 Å². The van der Waals surface area contributed by atoms with Gasteiger partial charge in [0.05, 0.1) is 6.04 Å². The predicted molar refractivity (Wildman–Crippen MR) is 59.2 cm³/mol. The smallest absolute Gasteiger partial charge is 0.239 e. The third-order valence-corrected chi connectivity index (χ3v) is 3.06. The Kier molecular flexibility index (Phi) is 3.27. The first kappa shape index (κ1) is 10.5. The first-order chi connectivity index (χ1) is 7.31. The first-order valence-corrected chi connectivity index (χ1v) is 5.79. The summed E-state index contributed by atoms with van der Waals surface area (Å²) in [5.41, 5.74) is 0. The summed E-state index contributed by atoms with van der Waals surface area (Å²) in [5, 5.41) is 3.39. The standard InChI is InChI=1S/C12H18N2O/c1-2-3-4-8-14-9-7-11(12(14)15)13-10-5-6-10/h1,10-11,13H,3-9H2. The van der Waals surface area contributed by atoms with Gasteiger partial charge in [-0.2, -0.15) is 0 Å². The molecule has 0 radical (unpaired) electrons. The summed E-state index contributed by atoms with van der Waals surface area (Å²) < 4.78 is 0. The van der Waals surface area contributed by atoms with Crippen LogP contribution < -0.4 is 5.32 Å². The molecule has 0 aromatic carbocycles. The lowest BCUT2D eigenvalue weighted by Gasteiger charge is -2.16. The van der Waals surface area contributed by atoms with Crippen molar-refractivity contribution in [3.8, 4) is 12.3 Å². The van der Waals surface area contributed by atoms with Crippen LogP contribution >= 0.6 is 0 Å². The Hall–Kier alpha value is -1.01. The predicted octanol–water partition coefficient (Wildman–Crippen LogP) is 0.753. The zero-order chi connectivity index (χ0) is 10.7. The lowest BCUT2D eigenvalue weighted by atomic mass is 10.2. The van der Waals surface area contributed by atoms with E-state index in [0.717, 1.165) is 32.4 Å². The largest absolute Gasteiger partial charge is 0.341 e. The summed E-state index contributed by atoms with van der Waals surface area (Å²) in [6.07, 6.45) is 10.3. The van der Waals surface area contributed by atoms with E-state index in [-0.39, 0.29) is 11.9 Å². The van der Waals surface area contributed by atoms with Crippen molar-refractivity contribution in [2.24, 2.45) is 0 Å². The van der Waals surface area contributed by atoms with Crippen molar-refractivity contribution in [3.05, 3.63) is 0 Å². The number of nitrogens with one attached hydrogen (secondary N) is 1. The highest BCUT2D eigenvalue weighted by Gasteiger charge is 2.34. The fourth-order valence-corrected chi connectivity index (χ4v) is 2.02. The van der Waals surface area contributed by atoms with E-state index in [1.54, 1.807) is 0 Å². The van der Waals surface area contributed by atoms with E-state index >= 15 is 0 Å². The van der Waals surface area contributed by atoms with Crippen LogP contribution in [0.2, 0.25) is 0 Å². The van der Waals surface area contributed by atoms with E-state index in [4.69, 9.17) is 6.42 Å². The van der Waals surface area contributed by atoms with Gasteiger partial charge in [-0.25, -0.2) is 0 Å². The molecule has 2 rings (SSSR count). The molecule has 1 unspecified atom stereocenters. The van der Waals surface area contributed by atoms with Gasteiger partial charge in [0, 0.05) is 25.6 Å². The summed E-state index contributed by atoms with van der Waals surface area (Å²) in [6.45, 7) is 1.72. The molecule has 1 saturated carbocycles. The highest BCUT2D eigenvalue weighted by atomic mass is 16.2. The maximum Gasteiger partial charge on any atom is 0.239 e. The van der Waals surface area contributed by atoms with E-state index in [1.807, 2.05) is 4.90 Å². The van der Waals surface area contributed by atoms with Crippen LogP contribution in [-0.2, 0) is 4.79 Å². The average molecular weight is 206 g/mol. The van der Waals surface area contributed by atoms with Crippen LogP contribution in [0, 0.1) is 12.3 Å². The molecule has 0 spiro atoms. The summed E-state index contributed by atoms with van der Waals surface area (Å²) in [6, 6.07) is 0.702. The first-order valence-electron chi connectivity index (χ1n) is 5.79. The maximum absolute atomic E-state index is 11.9. The van der Waals surface area contributed by atoms with Crippen molar-refractivity contribution in [3.63, 3.8) is 0 Å². The highest BCUT2D eigenvalue weighted by molar-refractivity contribution is 5.84. The van der Waals surface area contributed by atoms with E-state index < -0.39 is 0 Å². The van der Waals surface area contributed by atoms with Gasteiger partial charge in [-0.1, -0.05) is 0 Å². The molecule has 0 aromatic rings. The topological polar surface area (TPSA) is 32.3 Å². The minimum atomic E-state index is 0.0864. The van der Waals surface area contributed by atoms with Crippen LogP contribution in [0.4, 0.5) is 0 Å². The van der Waals surface area contributed by atoms with Crippen LogP contribution in [0.5, 0.6) is 0 Å². The third-order valence-electron chi connectivity index (χ3n) is 3.06. The van der Waals surface area contributed by atoms with Crippen molar-refractivity contribution >= 4 is 5.91 Å². The van der Waals surface area contributed by atoms with Crippen LogP contribution in [0.15, 0.2) is 0 Å². The quantitative estimate of drug-likeness (QED) is 0.532. The van der Waals surface area contributed by atoms with Crippen molar-refractivity contribution in [2.45, 2.75) is 44.2 Å². The molecular weight excluding hydrogens is 188 g/mol. The number of nitrogens with zero attached hydrogens (tertiary/aromatic N) is 1. The summed E-state index contributed by atoms with van der Waals surface area (Å²) in [4.78, 5) is 13.8. The van der Waals surface area contributed by atoms with Crippen LogP contribution in [-0.4, -0.2) is 36.0 Å². The fraction of sp³-hybridized carbons (Fsp3) is 0.750. The number of likely N-dealkylation sites (tertiary alicyclic amines) is 1. The minimum Gasteiger partial charge on any atom is -0.341 e. The number of amides is 1. The van der Waals surface area contributed by atoms with Crippen LogP contribution in [0.1, 0.15) is 32.1 Å². The normalized spacial score (nSPS) is 25.7. The van der Waals surface area contributed by atoms with Gasteiger partial charge in [0.25, 0.3) is 0 Å². The summed E-state index contributed by atoms with van der Waals surface area (Å²) in [5.74, 6) is 2.88. The molecule has 1 amide bonds. The Morgan fingerprint density at radius 3 is 2.93 bits per heavy atom. The molecule has 3 nitrogen and oxygen atoms in total. The average Bonchev–Trinajstić information content (AvgIpc) is 2.98. The van der Waals surface area contributed by atoms with Crippen molar-refractivity contribution in [2.75, 3.05) is 13.1 Å². The Morgan fingerprint density at radius 2 is 2.27 bits per heavy atom. The molecule has 1 N–H and O–H groups in total. The van der Waals surface area contributed by atoms with Gasteiger partial charge in [-0.3, -0.25) is 4.79 Å². The molecule has 1 heterocycles. The molecule has 1 aliphatic heterocycles. The number of hydrogen-bond acceptors (Lipinski definition) is 2. The van der Waals surface area contributed by atoms with E-state index in [9.17, 15) is 4.79 Å². The number of carbonyl (C=O) groups is 1. The van der Waals surface area contributed by atoms with E-state index in [0.29, 0.717) is 6.04 Å². The molecule has 82 valence electrons. The number of unbranched alkanes of at least 4 members (excludes halogenated alkanes) is 1. The minimum absolute atomic E-state index is 0.0864. The van der Waals surface area contributed by atoms with Gasteiger partial charge in [0.2, 0.25) is 5.91 Å². The number of carbonyl (C=O) groups excluding carboxylic acids is 1. The second-order valence-corrected chi connectivity index (χ2v) is 4.42. The highest BCUT2D eigenvalue weighted by Crippen LogP contribution is 2.22. The molecule has 1 atom stereocenters. The van der Waals surface area contributed by atoms with E-state index in [1.165, 1.54) is 12.8 Å². The number of rotatable bonds is 5. The van der Waals surface area contributed by atoms with Gasteiger partial charge in [0.15, 0.2) is 0 Å². The zero-order valence-electron chi connectivity index (χ0n) is 9.04. The third kappa shape index (κ3) is 2.73. The molecule has 0 bridgehead atoms. The molecule has 3 heteroatoms. The second kappa shape index (κ2) is 4.67. The van der Waals surface area contributed by atoms with Gasteiger partial charge in [-0.05, 0) is 25.7 Å². The Bertz CT molecular complexity index is 278. The zero-order valence-corrected chi connectivity index (χ0v) is 9.04. The molecule has 2 fully saturated rings. The molecule has 0 aromatic heterocycles. The molecule has 15 heavy (non-hydrogen) atoms. The summed E-state index contributed by atoms with van der Waals surface area (Å²) >= 11 is 0. The number of terminal acetylenes is 1. The fourth-order valence-electron chi connectivity index (χ4n) is 2.02. The number of hydrogen-bond donors (Lipinski definition) is 1. The Balaban J connectivity index is 1.73. The molecule has 1 saturated heterocycles. The Morgan fingerprint density at radius 1 is 1.47 bits per heavy atom. The van der Waals surface area contributed by atoms with Gasteiger partial charge in [0.1, 0.15) is 0 Å². The lowest BCUT2D eigenvalue weighted by molar-refractivity contribution is -0.129. The van der Waals surface area contributed by atoms with Gasteiger partial charge < -0.3 is 10.2 Å². The van der Waals surface area contributed by atoms with Crippen molar-refractivity contribution < 1.29 is 4.79 Å². The Labute approximate surface area is 91.2 Å².